The van der Waals surface area contributed by atoms with Crippen molar-refractivity contribution in [3.63, 3.8) is 0 Å². The molecule has 2 saturated heterocycles. The minimum absolute atomic E-state index is 0.310. The Labute approximate surface area is 306 Å². The summed E-state index contributed by atoms with van der Waals surface area (Å²) in [6.07, 6.45) is 1.29. The number of carbonyl (C=O) groups is 4. The second-order valence-corrected chi connectivity index (χ2v) is 13.3. The Hall–Kier alpha value is -6.11. The molecule has 12 nitrogen and oxygen atoms in total. The first-order chi connectivity index (χ1) is 25.8. The molecule has 1 unspecified atom stereocenters. The average Bonchev–Trinajstić information content (AvgIpc) is 4.00. The van der Waals surface area contributed by atoms with Gasteiger partial charge in [0.15, 0.2) is 12.2 Å². The number of aliphatic hydroxyl groups is 2. The standard InChI is InChI=1S/C41H40N6O6/c48-36(28-9-3-1-4-10-28)40(52)46-23-7-13-32(46)38(50)44-30-19-15-26(16-20-30)34-35(43-25-42-34)27-17-21-31(22-18-27)45-39(51)33-14-8-24-47(33)41(53)37(49)29-11-5-2-6-12-29/h1-6,9-12,15-22,25,32-33,36-37,48-49H,7-8,13-14,23-24H2,(H,42,43)(H,44,50)(H,45,51)/t32-,33?,36-,37-/m0/s1. The zero-order valence-electron chi connectivity index (χ0n) is 28.9. The van der Waals surface area contributed by atoms with Crippen LogP contribution in [0.4, 0.5) is 11.4 Å². The molecule has 5 N–H and O–H groups in total. The van der Waals surface area contributed by atoms with Crippen molar-refractivity contribution in [2.45, 2.75) is 50.0 Å². The van der Waals surface area contributed by atoms with Crippen LogP contribution in [0.3, 0.4) is 0 Å². The average molecular weight is 713 g/mol. The maximum atomic E-state index is 13.3. The predicted molar refractivity (Wildman–Crippen MR) is 199 cm³/mol. The van der Waals surface area contributed by atoms with E-state index in [1.54, 1.807) is 79.1 Å². The van der Waals surface area contributed by atoms with E-state index in [0.717, 1.165) is 16.8 Å². The SMILES string of the molecule is O=C(Nc1ccc(-c2nc[nH]c2-c2ccc(NC(=O)[C@@H]3CCCN3C(=O)[C@@H](O)c3ccccc3)cc2)cc1)C1CCCN1C(=O)[C@@H](O)c1ccccc1. The van der Waals surface area contributed by atoms with Crippen LogP contribution in [-0.4, -0.2) is 78.8 Å². The summed E-state index contributed by atoms with van der Waals surface area (Å²) >= 11 is 0. The number of amides is 4. The molecule has 53 heavy (non-hydrogen) atoms. The van der Waals surface area contributed by atoms with E-state index in [1.165, 1.54) is 9.80 Å². The Kier molecular flexibility index (Phi) is 10.4. The monoisotopic (exact) mass is 712 g/mol. The van der Waals surface area contributed by atoms with E-state index in [2.05, 4.69) is 20.6 Å². The van der Waals surface area contributed by atoms with Crippen molar-refractivity contribution in [2.75, 3.05) is 23.7 Å². The maximum Gasteiger partial charge on any atom is 0.256 e. The van der Waals surface area contributed by atoms with Crippen LogP contribution in [-0.2, 0) is 19.2 Å². The van der Waals surface area contributed by atoms with E-state index in [1.807, 2.05) is 36.4 Å². The summed E-state index contributed by atoms with van der Waals surface area (Å²) in [5, 5.41) is 27.2. The molecule has 2 aliphatic rings. The highest BCUT2D eigenvalue weighted by atomic mass is 16.3. The number of aromatic nitrogens is 2. The summed E-state index contributed by atoms with van der Waals surface area (Å²) in [5.41, 5.74) is 5.21. The van der Waals surface area contributed by atoms with Gasteiger partial charge in [0.05, 0.1) is 17.7 Å². The third-order valence-electron chi connectivity index (χ3n) is 9.88. The molecule has 12 heteroatoms. The van der Waals surface area contributed by atoms with Crippen LogP contribution < -0.4 is 10.6 Å². The third kappa shape index (κ3) is 7.59. The van der Waals surface area contributed by atoms with Gasteiger partial charge >= 0.3 is 0 Å². The molecule has 4 atom stereocenters. The minimum atomic E-state index is -1.33. The highest BCUT2D eigenvalue weighted by molar-refractivity contribution is 5.99. The number of likely N-dealkylation sites (tertiary alicyclic amines) is 2. The fourth-order valence-corrected chi connectivity index (χ4v) is 7.09. The summed E-state index contributed by atoms with van der Waals surface area (Å²) in [6, 6.07) is 30.6. The van der Waals surface area contributed by atoms with Crippen LogP contribution in [0.1, 0.15) is 49.0 Å². The van der Waals surface area contributed by atoms with Gasteiger partial charge in [-0.15, -0.1) is 0 Å². The van der Waals surface area contributed by atoms with Gasteiger partial charge in [0.1, 0.15) is 12.1 Å². The van der Waals surface area contributed by atoms with Crippen molar-refractivity contribution in [1.29, 1.82) is 0 Å². The van der Waals surface area contributed by atoms with Gasteiger partial charge in [-0.1, -0.05) is 84.9 Å². The number of H-pyrrole nitrogens is 1. The van der Waals surface area contributed by atoms with E-state index < -0.39 is 36.1 Å². The molecule has 5 aromatic rings. The highest BCUT2D eigenvalue weighted by Gasteiger charge is 2.38. The lowest BCUT2D eigenvalue weighted by Crippen LogP contribution is -2.45. The van der Waals surface area contributed by atoms with Crippen molar-refractivity contribution in [1.82, 2.24) is 19.8 Å². The zero-order valence-corrected chi connectivity index (χ0v) is 28.9. The van der Waals surface area contributed by atoms with Crippen molar-refractivity contribution in [3.05, 3.63) is 127 Å². The number of hydrogen-bond donors (Lipinski definition) is 5. The summed E-state index contributed by atoms with van der Waals surface area (Å²) in [5.74, 6) is -1.60. The van der Waals surface area contributed by atoms with E-state index >= 15 is 0 Å². The number of rotatable bonds is 10. The molecule has 0 bridgehead atoms. The zero-order chi connectivity index (χ0) is 36.9. The summed E-state index contributed by atoms with van der Waals surface area (Å²) in [7, 11) is 0. The van der Waals surface area contributed by atoms with Gasteiger partial charge in [0.2, 0.25) is 11.8 Å². The van der Waals surface area contributed by atoms with Gasteiger partial charge < -0.3 is 35.6 Å². The lowest BCUT2D eigenvalue weighted by Gasteiger charge is -2.26. The fraction of sp³-hybridized carbons (Fsp3) is 0.244. The van der Waals surface area contributed by atoms with E-state index in [9.17, 15) is 29.4 Å². The van der Waals surface area contributed by atoms with Gasteiger partial charge in [-0.05, 0) is 61.1 Å². The molecule has 270 valence electrons. The van der Waals surface area contributed by atoms with Crippen LogP contribution in [0.25, 0.3) is 22.5 Å². The number of hydrogen-bond acceptors (Lipinski definition) is 7. The Morgan fingerprint density at radius 3 is 1.51 bits per heavy atom. The molecule has 1 aromatic heterocycles. The lowest BCUT2D eigenvalue weighted by molar-refractivity contribution is -0.144. The van der Waals surface area contributed by atoms with Gasteiger partial charge in [-0.25, -0.2) is 4.98 Å². The fourth-order valence-electron chi connectivity index (χ4n) is 7.09. The normalized spacial score (nSPS) is 18.0. The molecular formula is C41H40N6O6. The summed E-state index contributed by atoms with van der Waals surface area (Å²) in [4.78, 5) is 63.4. The molecule has 0 spiro atoms. The number of benzene rings is 4. The van der Waals surface area contributed by atoms with E-state index in [4.69, 9.17) is 0 Å². The third-order valence-corrected chi connectivity index (χ3v) is 9.88. The van der Waals surface area contributed by atoms with Gasteiger partial charge in [-0.2, -0.15) is 0 Å². The van der Waals surface area contributed by atoms with Crippen LogP contribution in [0.15, 0.2) is 116 Å². The molecule has 2 fully saturated rings. The second kappa shape index (κ2) is 15.6. The molecule has 2 aliphatic heterocycles. The topological polar surface area (TPSA) is 168 Å². The Morgan fingerprint density at radius 1 is 0.623 bits per heavy atom. The van der Waals surface area contributed by atoms with Gasteiger partial charge in [-0.3, -0.25) is 19.2 Å². The van der Waals surface area contributed by atoms with Crippen molar-refractivity contribution >= 4 is 35.0 Å². The van der Waals surface area contributed by atoms with Crippen LogP contribution >= 0.6 is 0 Å². The molecule has 0 saturated carbocycles. The van der Waals surface area contributed by atoms with Crippen molar-refractivity contribution < 1.29 is 29.4 Å². The molecule has 7 rings (SSSR count). The molecular weight excluding hydrogens is 672 g/mol. The van der Waals surface area contributed by atoms with Crippen LogP contribution in [0, 0.1) is 0 Å². The molecule has 4 aromatic carbocycles. The number of nitrogens with one attached hydrogen (secondary N) is 3. The number of anilines is 2. The van der Waals surface area contributed by atoms with Gasteiger partial charge in [0.25, 0.3) is 11.8 Å². The first-order valence-electron chi connectivity index (χ1n) is 17.7. The van der Waals surface area contributed by atoms with Crippen molar-refractivity contribution in [3.8, 4) is 22.5 Å². The number of carbonyl (C=O) groups excluding carboxylic acids is 4. The highest BCUT2D eigenvalue weighted by Crippen LogP contribution is 2.32. The number of aromatic amines is 1. The maximum absolute atomic E-state index is 13.3. The van der Waals surface area contributed by atoms with Gasteiger partial charge in [0, 0.05) is 35.6 Å². The Balaban J connectivity index is 0.969. The minimum Gasteiger partial charge on any atom is -0.378 e. The first kappa shape index (κ1) is 35.3. The van der Waals surface area contributed by atoms with Crippen LogP contribution in [0.5, 0.6) is 0 Å². The first-order valence-corrected chi connectivity index (χ1v) is 17.7. The van der Waals surface area contributed by atoms with Crippen LogP contribution in [0.2, 0.25) is 0 Å². The number of imidazole rings is 1. The molecule has 3 heterocycles. The van der Waals surface area contributed by atoms with Crippen molar-refractivity contribution in [2.24, 2.45) is 0 Å². The predicted octanol–water partition coefficient (Wildman–Crippen LogP) is 5.07. The number of aliphatic hydroxyl groups excluding tert-OH is 2. The Morgan fingerprint density at radius 2 is 1.06 bits per heavy atom. The molecule has 4 amide bonds. The summed E-state index contributed by atoms with van der Waals surface area (Å²) in [6.45, 7) is 0.797. The van der Waals surface area contributed by atoms with E-state index in [0.29, 0.717) is 67.0 Å². The molecule has 0 radical (unpaired) electrons. The Bertz CT molecular complexity index is 1920. The number of nitrogens with zero attached hydrogens (tertiary/aromatic N) is 3. The van der Waals surface area contributed by atoms with E-state index in [-0.39, 0.29) is 11.8 Å². The molecule has 0 aliphatic carbocycles. The smallest absolute Gasteiger partial charge is 0.256 e. The summed E-state index contributed by atoms with van der Waals surface area (Å²) < 4.78 is 0. The second-order valence-electron chi connectivity index (χ2n) is 13.3. The largest absolute Gasteiger partial charge is 0.378 e. The lowest BCUT2D eigenvalue weighted by atomic mass is 10.0. The quantitative estimate of drug-likeness (QED) is 0.135.